The van der Waals surface area contributed by atoms with Crippen molar-refractivity contribution in [2.24, 2.45) is 5.92 Å². The summed E-state index contributed by atoms with van der Waals surface area (Å²) >= 11 is 0. The number of ether oxygens (including phenoxy) is 2. The lowest BCUT2D eigenvalue weighted by Gasteiger charge is -2.37. The Hall–Kier alpha value is -3.31. The van der Waals surface area contributed by atoms with Gasteiger partial charge in [0.2, 0.25) is 0 Å². The van der Waals surface area contributed by atoms with Gasteiger partial charge < -0.3 is 14.6 Å². The third-order valence-corrected chi connectivity index (χ3v) is 6.10. The fourth-order valence-electron chi connectivity index (χ4n) is 4.51. The second-order valence-electron chi connectivity index (χ2n) is 8.40. The summed E-state index contributed by atoms with van der Waals surface area (Å²) in [5.41, 5.74) is 3.31. The molecular weight excluding hydrogens is 414 g/mol. The minimum Gasteiger partial charge on any atom is -0.490 e. The molecule has 3 aromatic carbocycles. The second kappa shape index (κ2) is 11.0. The van der Waals surface area contributed by atoms with Crippen molar-refractivity contribution in [1.82, 2.24) is 4.90 Å². The molecule has 5 heteroatoms. The number of carboxylic acid groups (broad SMARTS) is 1. The average Bonchev–Trinajstić information content (AvgIpc) is 2.85. The van der Waals surface area contributed by atoms with E-state index in [1.54, 1.807) is 0 Å². The fraction of sp³-hybridized carbons (Fsp3) is 0.321. The van der Waals surface area contributed by atoms with Gasteiger partial charge in [0.25, 0.3) is 0 Å². The zero-order valence-corrected chi connectivity index (χ0v) is 19.0. The Balaban J connectivity index is 1.64. The number of hydrogen-bond acceptors (Lipinski definition) is 4. The number of rotatable bonds is 9. The van der Waals surface area contributed by atoms with E-state index in [1.165, 1.54) is 0 Å². The van der Waals surface area contributed by atoms with Gasteiger partial charge in [-0.3, -0.25) is 9.69 Å². The van der Waals surface area contributed by atoms with Crippen molar-refractivity contribution in [2.45, 2.75) is 32.4 Å². The minimum atomic E-state index is -0.717. The van der Waals surface area contributed by atoms with Crippen LogP contribution in [-0.2, 0) is 11.4 Å². The summed E-state index contributed by atoms with van der Waals surface area (Å²) < 4.78 is 12.1. The Kier molecular flexibility index (Phi) is 7.63. The van der Waals surface area contributed by atoms with Gasteiger partial charge in [0.1, 0.15) is 6.61 Å². The number of benzene rings is 3. The van der Waals surface area contributed by atoms with Gasteiger partial charge in [-0.1, -0.05) is 66.7 Å². The predicted octanol–water partition coefficient (Wildman–Crippen LogP) is 5.55. The SMILES string of the molecule is CCOc1cc(C(c2ccccc2)N2CCCC(C(=O)O)C2)ccc1OCc1ccccc1. The van der Waals surface area contributed by atoms with E-state index in [4.69, 9.17) is 9.47 Å². The van der Waals surface area contributed by atoms with Crippen molar-refractivity contribution in [3.63, 3.8) is 0 Å². The zero-order valence-electron chi connectivity index (χ0n) is 19.0. The van der Waals surface area contributed by atoms with E-state index < -0.39 is 5.97 Å². The minimum absolute atomic E-state index is 0.0456. The molecule has 1 aliphatic heterocycles. The summed E-state index contributed by atoms with van der Waals surface area (Å²) in [6, 6.07) is 26.4. The maximum absolute atomic E-state index is 11.7. The fourth-order valence-corrected chi connectivity index (χ4v) is 4.51. The number of likely N-dealkylation sites (tertiary alicyclic amines) is 1. The lowest BCUT2D eigenvalue weighted by Crippen LogP contribution is -2.41. The van der Waals surface area contributed by atoms with Crippen LogP contribution >= 0.6 is 0 Å². The molecule has 172 valence electrons. The highest BCUT2D eigenvalue weighted by Crippen LogP contribution is 2.37. The molecule has 1 heterocycles. The topological polar surface area (TPSA) is 59.0 Å². The van der Waals surface area contributed by atoms with Crippen molar-refractivity contribution >= 4 is 5.97 Å². The summed E-state index contributed by atoms with van der Waals surface area (Å²) in [6.45, 7) is 4.36. The molecule has 0 aliphatic carbocycles. The van der Waals surface area contributed by atoms with Crippen LogP contribution in [-0.4, -0.2) is 35.7 Å². The highest BCUT2D eigenvalue weighted by molar-refractivity contribution is 5.70. The van der Waals surface area contributed by atoms with Crippen molar-refractivity contribution in [1.29, 1.82) is 0 Å². The van der Waals surface area contributed by atoms with E-state index in [9.17, 15) is 9.90 Å². The summed E-state index contributed by atoms with van der Waals surface area (Å²) in [4.78, 5) is 14.0. The number of carbonyl (C=O) groups is 1. The highest BCUT2D eigenvalue weighted by atomic mass is 16.5. The van der Waals surface area contributed by atoms with Crippen LogP contribution in [0, 0.1) is 5.92 Å². The number of carboxylic acids is 1. The first-order valence-corrected chi connectivity index (χ1v) is 11.6. The molecule has 1 N–H and O–H groups in total. The number of aliphatic carboxylic acids is 1. The summed E-state index contributed by atoms with van der Waals surface area (Å²) in [7, 11) is 0. The van der Waals surface area contributed by atoms with Gasteiger partial charge in [-0.25, -0.2) is 0 Å². The van der Waals surface area contributed by atoms with Gasteiger partial charge in [-0.2, -0.15) is 0 Å². The van der Waals surface area contributed by atoms with Crippen LogP contribution in [0.5, 0.6) is 11.5 Å². The lowest BCUT2D eigenvalue weighted by molar-refractivity contribution is -0.143. The molecule has 3 aromatic rings. The van der Waals surface area contributed by atoms with Crippen LogP contribution in [0.25, 0.3) is 0 Å². The zero-order chi connectivity index (χ0) is 23.0. The van der Waals surface area contributed by atoms with Crippen LogP contribution in [0.4, 0.5) is 0 Å². The van der Waals surface area contributed by atoms with E-state index in [0.717, 1.165) is 36.1 Å². The Morgan fingerprint density at radius 1 is 0.970 bits per heavy atom. The molecule has 0 amide bonds. The third-order valence-electron chi connectivity index (χ3n) is 6.10. The molecule has 0 saturated carbocycles. The van der Waals surface area contributed by atoms with Gasteiger partial charge in [-0.05, 0) is 55.1 Å². The summed E-state index contributed by atoms with van der Waals surface area (Å²) in [5.74, 6) is 0.355. The summed E-state index contributed by atoms with van der Waals surface area (Å²) in [5, 5.41) is 9.62. The number of hydrogen-bond donors (Lipinski definition) is 1. The first-order valence-electron chi connectivity index (χ1n) is 11.6. The molecule has 0 bridgehead atoms. The lowest BCUT2D eigenvalue weighted by atomic mass is 9.91. The van der Waals surface area contributed by atoms with Crippen molar-refractivity contribution in [3.8, 4) is 11.5 Å². The van der Waals surface area contributed by atoms with E-state index in [0.29, 0.717) is 31.3 Å². The van der Waals surface area contributed by atoms with Gasteiger partial charge in [0.05, 0.1) is 18.6 Å². The van der Waals surface area contributed by atoms with Crippen molar-refractivity contribution < 1.29 is 19.4 Å². The van der Waals surface area contributed by atoms with E-state index in [1.807, 2.05) is 67.6 Å². The first-order chi connectivity index (χ1) is 16.2. The van der Waals surface area contributed by atoms with Crippen LogP contribution in [0.3, 0.4) is 0 Å². The molecule has 1 aliphatic rings. The summed E-state index contributed by atoms with van der Waals surface area (Å²) in [6.07, 6.45) is 1.60. The normalized spacial score (nSPS) is 17.3. The molecule has 2 unspecified atom stereocenters. The molecule has 0 aromatic heterocycles. The molecule has 33 heavy (non-hydrogen) atoms. The van der Waals surface area contributed by atoms with Crippen LogP contribution in [0.2, 0.25) is 0 Å². The molecule has 5 nitrogen and oxygen atoms in total. The second-order valence-corrected chi connectivity index (χ2v) is 8.40. The molecule has 2 atom stereocenters. The monoisotopic (exact) mass is 445 g/mol. The van der Waals surface area contributed by atoms with Crippen molar-refractivity contribution in [2.75, 3.05) is 19.7 Å². The Morgan fingerprint density at radius 3 is 2.39 bits per heavy atom. The van der Waals surface area contributed by atoms with E-state index in [2.05, 4.69) is 23.1 Å². The van der Waals surface area contributed by atoms with Gasteiger partial charge in [0.15, 0.2) is 11.5 Å². The Bertz CT molecular complexity index is 1040. The number of nitrogens with zero attached hydrogens (tertiary/aromatic N) is 1. The maximum atomic E-state index is 11.7. The molecular formula is C28H31NO4. The molecule has 0 spiro atoms. The number of piperidine rings is 1. The highest BCUT2D eigenvalue weighted by Gasteiger charge is 2.31. The largest absolute Gasteiger partial charge is 0.490 e. The average molecular weight is 446 g/mol. The standard InChI is InChI=1S/C28H31NO4/c1-2-32-26-18-23(15-16-25(26)33-20-21-10-5-3-6-11-21)27(22-12-7-4-8-13-22)29-17-9-14-24(19-29)28(30)31/h3-8,10-13,15-16,18,24,27H,2,9,14,17,19-20H2,1H3,(H,30,31). The van der Waals surface area contributed by atoms with E-state index >= 15 is 0 Å². The van der Waals surface area contributed by atoms with Gasteiger partial charge >= 0.3 is 5.97 Å². The molecule has 1 fully saturated rings. The quantitative estimate of drug-likeness (QED) is 0.468. The van der Waals surface area contributed by atoms with Crippen LogP contribution in [0.1, 0.15) is 42.5 Å². The maximum Gasteiger partial charge on any atom is 0.307 e. The van der Waals surface area contributed by atoms with Crippen molar-refractivity contribution in [3.05, 3.63) is 95.6 Å². The predicted molar refractivity (Wildman–Crippen MR) is 129 cm³/mol. The molecule has 4 rings (SSSR count). The van der Waals surface area contributed by atoms with E-state index in [-0.39, 0.29) is 12.0 Å². The molecule has 0 radical (unpaired) electrons. The van der Waals surface area contributed by atoms with Gasteiger partial charge in [0, 0.05) is 6.54 Å². The Morgan fingerprint density at radius 2 is 1.70 bits per heavy atom. The Labute approximate surface area is 195 Å². The van der Waals surface area contributed by atoms with Crippen LogP contribution in [0.15, 0.2) is 78.9 Å². The smallest absolute Gasteiger partial charge is 0.307 e. The first kappa shape index (κ1) is 22.9. The molecule has 1 saturated heterocycles. The van der Waals surface area contributed by atoms with Gasteiger partial charge in [-0.15, -0.1) is 0 Å². The third kappa shape index (κ3) is 5.74. The van der Waals surface area contributed by atoms with Crippen LogP contribution < -0.4 is 9.47 Å².